The highest BCUT2D eigenvalue weighted by Crippen LogP contribution is 2.21. The van der Waals surface area contributed by atoms with Crippen LogP contribution in [0.15, 0.2) is 30.7 Å². The number of hydrogen-bond donors (Lipinski definition) is 1. The van der Waals surface area contributed by atoms with Gasteiger partial charge in [0, 0.05) is 36.6 Å². The number of pyridine rings is 1. The van der Waals surface area contributed by atoms with E-state index in [1.165, 1.54) is 0 Å². The lowest BCUT2D eigenvalue weighted by Crippen LogP contribution is -1.99. The molecule has 0 radical (unpaired) electrons. The minimum Gasteiger partial charge on any atom is -0.481 e. The van der Waals surface area contributed by atoms with Crippen LogP contribution in [0.5, 0.6) is 5.88 Å². The summed E-state index contributed by atoms with van der Waals surface area (Å²) in [6.45, 7) is 0. The monoisotopic (exact) mass is 219 g/mol. The second kappa shape index (κ2) is 4.32. The predicted octanol–water partition coefficient (Wildman–Crippen LogP) is 0.905. The first-order chi connectivity index (χ1) is 7.70. The van der Waals surface area contributed by atoms with Crippen LogP contribution >= 0.6 is 0 Å². The average Bonchev–Trinajstić information content (AvgIpc) is 2.75. The zero-order valence-corrected chi connectivity index (χ0v) is 9.16. The van der Waals surface area contributed by atoms with Gasteiger partial charge in [0.25, 0.3) is 0 Å². The molecule has 0 fully saturated rings. The van der Waals surface area contributed by atoms with Crippen LogP contribution < -0.4 is 4.74 Å². The standard InChI is InChI=1S/C11H13N3O2/c1-14-7-9(6-13-14)11(15)8-3-4-10(16-2)12-5-8/h3-7,11,15H,1-2H3. The number of methoxy groups -OCH3 is 1. The zero-order valence-electron chi connectivity index (χ0n) is 9.16. The van der Waals surface area contributed by atoms with Gasteiger partial charge < -0.3 is 9.84 Å². The van der Waals surface area contributed by atoms with Gasteiger partial charge in [-0.05, 0) is 6.07 Å². The van der Waals surface area contributed by atoms with Gasteiger partial charge in [0.05, 0.1) is 13.3 Å². The van der Waals surface area contributed by atoms with Crippen LogP contribution in [-0.4, -0.2) is 27.0 Å². The molecule has 16 heavy (non-hydrogen) atoms. The van der Waals surface area contributed by atoms with Crippen molar-refractivity contribution >= 4 is 0 Å². The van der Waals surface area contributed by atoms with Crippen molar-refractivity contribution in [1.29, 1.82) is 0 Å². The molecule has 0 aliphatic heterocycles. The lowest BCUT2D eigenvalue weighted by molar-refractivity contribution is 0.219. The maximum Gasteiger partial charge on any atom is 0.212 e. The molecule has 2 rings (SSSR count). The first-order valence-electron chi connectivity index (χ1n) is 4.87. The Morgan fingerprint density at radius 3 is 2.62 bits per heavy atom. The molecule has 0 spiro atoms. The summed E-state index contributed by atoms with van der Waals surface area (Å²) in [5.74, 6) is 0.530. The molecule has 5 nitrogen and oxygen atoms in total. The van der Waals surface area contributed by atoms with E-state index >= 15 is 0 Å². The third kappa shape index (κ3) is 2.04. The zero-order chi connectivity index (χ0) is 11.5. The lowest BCUT2D eigenvalue weighted by atomic mass is 10.1. The summed E-state index contributed by atoms with van der Waals surface area (Å²) < 4.78 is 6.60. The van der Waals surface area contributed by atoms with Crippen molar-refractivity contribution in [3.05, 3.63) is 41.9 Å². The van der Waals surface area contributed by atoms with E-state index in [1.807, 2.05) is 7.05 Å². The summed E-state index contributed by atoms with van der Waals surface area (Å²) in [5, 5.41) is 14.0. The molecule has 0 aromatic carbocycles. The van der Waals surface area contributed by atoms with E-state index in [2.05, 4.69) is 10.1 Å². The number of aliphatic hydroxyl groups excluding tert-OH is 1. The fraction of sp³-hybridized carbons (Fsp3) is 0.273. The van der Waals surface area contributed by atoms with Crippen molar-refractivity contribution < 1.29 is 9.84 Å². The summed E-state index contributed by atoms with van der Waals surface area (Å²) >= 11 is 0. The van der Waals surface area contributed by atoms with Crippen LogP contribution in [0.25, 0.3) is 0 Å². The van der Waals surface area contributed by atoms with Gasteiger partial charge in [-0.25, -0.2) is 4.98 Å². The topological polar surface area (TPSA) is 60.2 Å². The quantitative estimate of drug-likeness (QED) is 0.833. The maximum atomic E-state index is 10.0. The number of rotatable bonds is 3. The van der Waals surface area contributed by atoms with Gasteiger partial charge in [0.2, 0.25) is 5.88 Å². The second-order valence-electron chi connectivity index (χ2n) is 3.48. The number of aromatic nitrogens is 3. The van der Waals surface area contributed by atoms with Gasteiger partial charge >= 0.3 is 0 Å². The molecule has 2 aromatic rings. The van der Waals surface area contributed by atoms with Gasteiger partial charge in [0.1, 0.15) is 6.10 Å². The van der Waals surface area contributed by atoms with E-state index in [-0.39, 0.29) is 0 Å². The largest absolute Gasteiger partial charge is 0.481 e. The molecule has 1 atom stereocenters. The Morgan fingerprint density at radius 1 is 1.31 bits per heavy atom. The van der Waals surface area contributed by atoms with Gasteiger partial charge in [0.15, 0.2) is 0 Å². The number of hydrogen-bond acceptors (Lipinski definition) is 4. The molecular weight excluding hydrogens is 206 g/mol. The Kier molecular flexibility index (Phi) is 2.87. The molecule has 0 saturated carbocycles. The van der Waals surface area contributed by atoms with Gasteiger partial charge in [-0.3, -0.25) is 4.68 Å². The summed E-state index contributed by atoms with van der Waals surface area (Å²) in [6.07, 6.45) is 4.30. The summed E-state index contributed by atoms with van der Waals surface area (Å²) in [6, 6.07) is 3.50. The lowest BCUT2D eigenvalue weighted by Gasteiger charge is -2.08. The first-order valence-corrected chi connectivity index (χ1v) is 4.87. The normalized spacial score (nSPS) is 12.4. The van der Waals surface area contributed by atoms with Gasteiger partial charge in [-0.15, -0.1) is 0 Å². The molecular formula is C11H13N3O2. The predicted molar refractivity (Wildman–Crippen MR) is 58.1 cm³/mol. The number of ether oxygens (including phenoxy) is 1. The molecule has 1 N–H and O–H groups in total. The molecule has 0 aliphatic rings. The van der Waals surface area contributed by atoms with Crippen LogP contribution in [0, 0.1) is 0 Å². The van der Waals surface area contributed by atoms with Gasteiger partial charge in [-0.1, -0.05) is 0 Å². The van der Waals surface area contributed by atoms with Crippen molar-refractivity contribution in [2.45, 2.75) is 6.10 Å². The van der Waals surface area contributed by atoms with E-state index in [0.717, 1.165) is 5.56 Å². The van der Waals surface area contributed by atoms with E-state index in [0.29, 0.717) is 11.4 Å². The molecule has 0 aliphatic carbocycles. The Labute approximate surface area is 93.3 Å². The third-order valence-corrected chi connectivity index (χ3v) is 2.32. The molecule has 2 aromatic heterocycles. The van der Waals surface area contributed by atoms with E-state index in [9.17, 15) is 5.11 Å². The average molecular weight is 219 g/mol. The molecule has 0 amide bonds. The minimum atomic E-state index is -0.702. The van der Waals surface area contributed by atoms with Crippen LogP contribution in [0.1, 0.15) is 17.2 Å². The highest BCUT2D eigenvalue weighted by molar-refractivity contribution is 5.27. The van der Waals surface area contributed by atoms with Crippen LogP contribution in [0.2, 0.25) is 0 Å². The second-order valence-corrected chi connectivity index (χ2v) is 3.48. The summed E-state index contributed by atoms with van der Waals surface area (Å²) in [7, 11) is 3.36. The number of aryl methyl sites for hydroxylation is 1. The smallest absolute Gasteiger partial charge is 0.212 e. The van der Waals surface area contributed by atoms with Crippen molar-refractivity contribution in [2.75, 3.05) is 7.11 Å². The Morgan fingerprint density at radius 2 is 2.12 bits per heavy atom. The van der Waals surface area contributed by atoms with Crippen molar-refractivity contribution in [3.63, 3.8) is 0 Å². The van der Waals surface area contributed by atoms with Crippen LogP contribution in [-0.2, 0) is 7.05 Å². The van der Waals surface area contributed by atoms with Crippen LogP contribution in [0.4, 0.5) is 0 Å². The SMILES string of the molecule is COc1ccc(C(O)c2cnn(C)c2)cn1. The van der Waals surface area contributed by atoms with Crippen molar-refractivity contribution in [2.24, 2.45) is 7.05 Å². The molecule has 5 heteroatoms. The Bertz CT molecular complexity index is 464. The fourth-order valence-electron chi connectivity index (χ4n) is 1.45. The van der Waals surface area contributed by atoms with Crippen molar-refractivity contribution in [3.8, 4) is 5.88 Å². The molecule has 0 bridgehead atoms. The Hall–Kier alpha value is -1.88. The number of aliphatic hydroxyl groups is 1. The fourth-order valence-corrected chi connectivity index (χ4v) is 1.45. The third-order valence-electron chi connectivity index (χ3n) is 2.32. The minimum absolute atomic E-state index is 0.530. The first kappa shape index (κ1) is 10.6. The van der Waals surface area contributed by atoms with Crippen molar-refractivity contribution in [1.82, 2.24) is 14.8 Å². The summed E-state index contributed by atoms with van der Waals surface area (Å²) in [4.78, 5) is 4.04. The maximum absolute atomic E-state index is 10.0. The molecule has 1 unspecified atom stereocenters. The molecule has 2 heterocycles. The molecule has 84 valence electrons. The Balaban J connectivity index is 2.23. The van der Waals surface area contributed by atoms with E-state index < -0.39 is 6.10 Å². The highest BCUT2D eigenvalue weighted by Gasteiger charge is 2.12. The van der Waals surface area contributed by atoms with Gasteiger partial charge in [-0.2, -0.15) is 5.10 Å². The molecule has 0 saturated heterocycles. The van der Waals surface area contributed by atoms with E-state index in [1.54, 1.807) is 42.5 Å². The van der Waals surface area contributed by atoms with Crippen LogP contribution in [0.3, 0.4) is 0 Å². The summed E-state index contributed by atoms with van der Waals surface area (Å²) in [5.41, 5.74) is 1.46. The van der Waals surface area contributed by atoms with E-state index in [4.69, 9.17) is 4.74 Å². The highest BCUT2D eigenvalue weighted by atomic mass is 16.5. The number of nitrogens with zero attached hydrogens (tertiary/aromatic N) is 3.